The van der Waals surface area contributed by atoms with Crippen molar-refractivity contribution in [1.82, 2.24) is 9.62 Å². The fraction of sp³-hybridized carbons (Fsp3) is 1.00. The van der Waals surface area contributed by atoms with Gasteiger partial charge in [0.15, 0.2) is 0 Å². The minimum Gasteiger partial charge on any atom is -0.390 e. The van der Waals surface area contributed by atoms with Crippen LogP contribution in [0.15, 0.2) is 0 Å². The molecule has 0 spiro atoms. The molecule has 0 saturated carbocycles. The lowest BCUT2D eigenvalue weighted by Gasteiger charge is -2.28. The number of aliphatic hydroxyl groups excluding tert-OH is 1. The second kappa shape index (κ2) is 6.47. The van der Waals surface area contributed by atoms with E-state index in [2.05, 4.69) is 9.62 Å². The molecule has 1 rings (SSSR count). The smallest absolute Gasteiger partial charge is 0.231 e. The first-order chi connectivity index (χ1) is 6.68. The minimum absolute atomic E-state index is 0.166. The SMILES string of the molecule is O=S(O)NCC(O)CN1CCCCC1. The van der Waals surface area contributed by atoms with Crippen LogP contribution in [0.4, 0.5) is 0 Å². The van der Waals surface area contributed by atoms with Crippen LogP contribution in [0.25, 0.3) is 0 Å². The molecule has 1 aliphatic heterocycles. The fourth-order valence-electron chi connectivity index (χ4n) is 1.67. The summed E-state index contributed by atoms with van der Waals surface area (Å²) in [6.45, 7) is 2.81. The highest BCUT2D eigenvalue weighted by molar-refractivity contribution is 7.77. The molecule has 0 aromatic carbocycles. The Balaban J connectivity index is 2.11. The summed E-state index contributed by atoms with van der Waals surface area (Å²) in [5.74, 6) is 0. The van der Waals surface area contributed by atoms with Gasteiger partial charge >= 0.3 is 0 Å². The van der Waals surface area contributed by atoms with Gasteiger partial charge in [-0.1, -0.05) is 6.42 Å². The summed E-state index contributed by atoms with van der Waals surface area (Å²) < 4.78 is 21.0. The van der Waals surface area contributed by atoms with Gasteiger partial charge in [0.25, 0.3) is 0 Å². The van der Waals surface area contributed by atoms with Crippen LogP contribution < -0.4 is 4.72 Å². The Morgan fingerprint density at radius 3 is 2.57 bits per heavy atom. The maximum Gasteiger partial charge on any atom is 0.231 e. The van der Waals surface area contributed by atoms with Gasteiger partial charge in [-0.25, -0.2) is 8.93 Å². The molecular weight excluding hydrogens is 204 g/mol. The lowest BCUT2D eigenvalue weighted by molar-refractivity contribution is 0.104. The van der Waals surface area contributed by atoms with Crippen molar-refractivity contribution < 1.29 is 13.9 Å². The van der Waals surface area contributed by atoms with Gasteiger partial charge in [-0.15, -0.1) is 0 Å². The average Bonchev–Trinajstić information content (AvgIpc) is 2.16. The summed E-state index contributed by atoms with van der Waals surface area (Å²) in [7, 11) is 0. The van der Waals surface area contributed by atoms with Crippen molar-refractivity contribution in [2.24, 2.45) is 0 Å². The van der Waals surface area contributed by atoms with Crippen molar-refractivity contribution >= 4 is 11.3 Å². The number of hydrogen-bond acceptors (Lipinski definition) is 3. The Labute approximate surface area is 86.9 Å². The Morgan fingerprint density at radius 2 is 2.00 bits per heavy atom. The van der Waals surface area contributed by atoms with Gasteiger partial charge in [0.2, 0.25) is 11.3 Å². The molecule has 14 heavy (non-hydrogen) atoms. The maximum atomic E-state index is 10.3. The summed E-state index contributed by atoms with van der Waals surface area (Å²) >= 11 is -2.02. The Morgan fingerprint density at radius 1 is 1.36 bits per heavy atom. The molecule has 1 aliphatic rings. The molecule has 0 aliphatic carbocycles. The molecule has 1 heterocycles. The van der Waals surface area contributed by atoms with Crippen molar-refractivity contribution in [2.75, 3.05) is 26.2 Å². The van der Waals surface area contributed by atoms with Crippen molar-refractivity contribution in [3.05, 3.63) is 0 Å². The van der Waals surface area contributed by atoms with Gasteiger partial charge in [0, 0.05) is 13.1 Å². The number of likely N-dealkylation sites (tertiary alicyclic amines) is 1. The minimum atomic E-state index is -2.02. The van der Waals surface area contributed by atoms with E-state index in [0.717, 1.165) is 13.1 Å². The van der Waals surface area contributed by atoms with Gasteiger partial charge < -0.3 is 10.0 Å². The highest BCUT2D eigenvalue weighted by Crippen LogP contribution is 2.08. The third-order valence-electron chi connectivity index (χ3n) is 2.36. The van der Waals surface area contributed by atoms with Gasteiger partial charge in [0.05, 0.1) is 6.10 Å². The van der Waals surface area contributed by atoms with E-state index in [1.807, 2.05) is 0 Å². The molecule has 0 amide bonds. The van der Waals surface area contributed by atoms with E-state index in [-0.39, 0.29) is 6.54 Å². The van der Waals surface area contributed by atoms with E-state index in [1.54, 1.807) is 0 Å². The van der Waals surface area contributed by atoms with Gasteiger partial charge in [0.1, 0.15) is 0 Å². The molecular formula is C8H18N2O3S. The van der Waals surface area contributed by atoms with Crippen LogP contribution in [0.5, 0.6) is 0 Å². The van der Waals surface area contributed by atoms with Crippen LogP contribution in [0.2, 0.25) is 0 Å². The number of hydrogen-bond donors (Lipinski definition) is 3. The molecule has 2 atom stereocenters. The lowest BCUT2D eigenvalue weighted by atomic mass is 10.1. The monoisotopic (exact) mass is 222 g/mol. The Kier molecular flexibility index (Phi) is 5.57. The highest BCUT2D eigenvalue weighted by Gasteiger charge is 2.14. The summed E-state index contributed by atoms with van der Waals surface area (Å²) in [6, 6.07) is 0. The van der Waals surface area contributed by atoms with E-state index in [4.69, 9.17) is 4.55 Å². The zero-order valence-corrected chi connectivity index (χ0v) is 9.00. The van der Waals surface area contributed by atoms with E-state index in [1.165, 1.54) is 19.3 Å². The van der Waals surface area contributed by atoms with Crippen molar-refractivity contribution in [3.8, 4) is 0 Å². The molecule has 0 radical (unpaired) electrons. The van der Waals surface area contributed by atoms with Gasteiger partial charge in [-0.05, 0) is 25.9 Å². The first kappa shape index (κ1) is 12.1. The maximum absolute atomic E-state index is 10.3. The first-order valence-corrected chi connectivity index (χ1v) is 6.04. The summed E-state index contributed by atoms with van der Waals surface area (Å²) in [5.41, 5.74) is 0. The van der Waals surface area contributed by atoms with Gasteiger partial charge in [-0.2, -0.15) is 0 Å². The standard InChI is InChI=1S/C8H18N2O3S/c11-8(6-9-14(12)13)7-10-4-2-1-3-5-10/h8-9,11H,1-7H2,(H,12,13). The van der Waals surface area contributed by atoms with Crippen LogP contribution in [0.3, 0.4) is 0 Å². The molecule has 1 fully saturated rings. The van der Waals surface area contributed by atoms with Crippen LogP contribution in [0, 0.1) is 0 Å². The predicted molar refractivity (Wildman–Crippen MR) is 55.1 cm³/mol. The number of β-amino-alcohol motifs (C(OH)–C–C–N with tert-alkyl or cyclic N) is 1. The molecule has 5 nitrogen and oxygen atoms in total. The molecule has 0 aromatic rings. The molecule has 2 unspecified atom stereocenters. The number of aliphatic hydroxyl groups is 1. The zero-order valence-electron chi connectivity index (χ0n) is 8.19. The van der Waals surface area contributed by atoms with Crippen molar-refractivity contribution in [3.63, 3.8) is 0 Å². The third kappa shape index (κ3) is 5.02. The van der Waals surface area contributed by atoms with Crippen LogP contribution in [-0.2, 0) is 11.3 Å². The van der Waals surface area contributed by atoms with Gasteiger partial charge in [-0.3, -0.25) is 4.55 Å². The summed E-state index contributed by atoms with van der Waals surface area (Å²) in [6.07, 6.45) is 3.08. The Bertz CT molecular complexity index is 185. The van der Waals surface area contributed by atoms with Crippen LogP contribution >= 0.6 is 0 Å². The van der Waals surface area contributed by atoms with E-state index >= 15 is 0 Å². The predicted octanol–water partition coefficient (Wildman–Crippen LogP) is -0.441. The van der Waals surface area contributed by atoms with Crippen LogP contribution in [0.1, 0.15) is 19.3 Å². The largest absolute Gasteiger partial charge is 0.390 e. The zero-order chi connectivity index (χ0) is 10.4. The molecule has 84 valence electrons. The second-order valence-electron chi connectivity index (χ2n) is 3.61. The van der Waals surface area contributed by atoms with E-state index in [0.29, 0.717) is 6.54 Å². The summed E-state index contributed by atoms with van der Waals surface area (Å²) in [5, 5.41) is 9.50. The van der Waals surface area contributed by atoms with Crippen LogP contribution in [-0.4, -0.2) is 51.1 Å². The van der Waals surface area contributed by atoms with E-state index < -0.39 is 17.4 Å². The number of rotatable bonds is 5. The number of piperidine rings is 1. The fourth-order valence-corrected chi connectivity index (χ4v) is 2.01. The second-order valence-corrected chi connectivity index (χ2v) is 4.40. The topological polar surface area (TPSA) is 72.8 Å². The normalized spacial score (nSPS) is 23.3. The summed E-state index contributed by atoms with van der Waals surface area (Å²) in [4.78, 5) is 2.19. The molecule has 0 bridgehead atoms. The number of nitrogens with one attached hydrogen (secondary N) is 1. The average molecular weight is 222 g/mol. The lowest BCUT2D eigenvalue weighted by Crippen LogP contribution is -2.40. The molecule has 3 N–H and O–H groups in total. The number of nitrogens with zero attached hydrogens (tertiary/aromatic N) is 1. The molecule has 6 heteroatoms. The van der Waals surface area contributed by atoms with Crippen molar-refractivity contribution in [2.45, 2.75) is 25.4 Å². The molecule has 0 aromatic heterocycles. The third-order valence-corrected chi connectivity index (χ3v) is 2.77. The Hall–Kier alpha value is -0.0100. The highest BCUT2D eigenvalue weighted by atomic mass is 32.2. The van der Waals surface area contributed by atoms with Crippen molar-refractivity contribution in [1.29, 1.82) is 0 Å². The first-order valence-electron chi connectivity index (χ1n) is 4.93. The van der Waals surface area contributed by atoms with E-state index in [9.17, 15) is 9.32 Å². The quantitative estimate of drug-likeness (QED) is 0.551. The molecule has 1 saturated heterocycles.